The minimum absolute atomic E-state index is 0.111. The Morgan fingerprint density at radius 2 is 2.24 bits per heavy atom. The molecular formula is C12H16FNO3. The van der Waals surface area contributed by atoms with Gasteiger partial charge in [0.1, 0.15) is 5.82 Å². The lowest BCUT2D eigenvalue weighted by atomic mass is 10.0. The third kappa shape index (κ3) is 3.80. The van der Waals surface area contributed by atoms with Crippen LogP contribution in [-0.2, 0) is 4.79 Å². The number of benzene rings is 1. The molecular weight excluding hydrogens is 225 g/mol. The van der Waals surface area contributed by atoms with Crippen molar-refractivity contribution >= 4 is 5.97 Å². The minimum Gasteiger partial charge on any atom is -0.479 e. The average Bonchev–Trinajstić information content (AvgIpc) is 2.25. The van der Waals surface area contributed by atoms with Gasteiger partial charge in [0.15, 0.2) is 5.60 Å². The molecule has 4 nitrogen and oxygen atoms in total. The van der Waals surface area contributed by atoms with Gasteiger partial charge in [-0.25, -0.2) is 9.18 Å². The topological polar surface area (TPSA) is 69.6 Å². The van der Waals surface area contributed by atoms with Crippen molar-refractivity contribution in [3.05, 3.63) is 35.6 Å². The van der Waals surface area contributed by atoms with E-state index in [0.717, 1.165) is 0 Å². The number of carboxylic acid groups (broad SMARTS) is 1. The Bertz CT molecular complexity index is 406. The smallest absolute Gasteiger partial charge is 0.336 e. The van der Waals surface area contributed by atoms with Crippen molar-refractivity contribution in [3.63, 3.8) is 0 Å². The van der Waals surface area contributed by atoms with Crippen LogP contribution in [0, 0.1) is 5.82 Å². The Balaban J connectivity index is 2.62. The molecule has 1 rings (SSSR count). The molecule has 1 aromatic carbocycles. The lowest BCUT2D eigenvalue weighted by Crippen LogP contribution is -2.45. The molecule has 2 atom stereocenters. The van der Waals surface area contributed by atoms with E-state index in [4.69, 9.17) is 5.11 Å². The van der Waals surface area contributed by atoms with E-state index in [9.17, 15) is 14.3 Å². The molecule has 0 aliphatic carbocycles. The second-order valence-corrected chi connectivity index (χ2v) is 4.24. The third-order valence-electron chi connectivity index (χ3n) is 2.56. The van der Waals surface area contributed by atoms with Crippen molar-refractivity contribution in [1.29, 1.82) is 0 Å². The Hall–Kier alpha value is -1.46. The van der Waals surface area contributed by atoms with Gasteiger partial charge in [-0.15, -0.1) is 0 Å². The Kier molecular flexibility index (Phi) is 4.20. The van der Waals surface area contributed by atoms with Gasteiger partial charge < -0.3 is 15.5 Å². The van der Waals surface area contributed by atoms with Gasteiger partial charge in [0.05, 0.1) is 0 Å². The number of nitrogens with one attached hydrogen (secondary N) is 1. The number of hydrogen-bond acceptors (Lipinski definition) is 3. The van der Waals surface area contributed by atoms with Crippen molar-refractivity contribution < 1.29 is 19.4 Å². The zero-order valence-electron chi connectivity index (χ0n) is 9.77. The molecule has 1 aromatic rings. The number of aliphatic carboxylic acids is 1. The number of aliphatic hydroxyl groups is 1. The van der Waals surface area contributed by atoms with E-state index >= 15 is 0 Å². The maximum Gasteiger partial charge on any atom is 0.336 e. The average molecular weight is 241 g/mol. The summed E-state index contributed by atoms with van der Waals surface area (Å²) < 4.78 is 13.0. The summed E-state index contributed by atoms with van der Waals surface area (Å²) >= 11 is 0. The maximum absolute atomic E-state index is 13.0. The highest BCUT2D eigenvalue weighted by Gasteiger charge is 2.29. The summed E-state index contributed by atoms with van der Waals surface area (Å²) in [6, 6.07) is 5.78. The summed E-state index contributed by atoms with van der Waals surface area (Å²) in [6.45, 7) is 2.87. The van der Waals surface area contributed by atoms with Gasteiger partial charge in [-0.1, -0.05) is 12.1 Å². The quantitative estimate of drug-likeness (QED) is 0.727. The van der Waals surface area contributed by atoms with Crippen LogP contribution in [-0.4, -0.2) is 28.3 Å². The van der Waals surface area contributed by atoms with Crippen LogP contribution < -0.4 is 5.32 Å². The van der Waals surface area contributed by atoms with Crippen LogP contribution in [0.25, 0.3) is 0 Å². The largest absolute Gasteiger partial charge is 0.479 e. The molecule has 0 aromatic heterocycles. The highest BCUT2D eigenvalue weighted by atomic mass is 19.1. The van der Waals surface area contributed by atoms with Crippen LogP contribution in [0.1, 0.15) is 25.5 Å². The van der Waals surface area contributed by atoms with E-state index in [2.05, 4.69) is 5.32 Å². The molecule has 0 spiro atoms. The number of rotatable bonds is 5. The SMILES string of the molecule is C[C@@H](NCC(C)(O)C(=O)O)c1cccc(F)c1. The first-order chi connectivity index (χ1) is 7.83. The molecule has 0 amide bonds. The fraction of sp³-hybridized carbons (Fsp3) is 0.417. The summed E-state index contributed by atoms with van der Waals surface area (Å²) in [6.07, 6.45) is 0. The first-order valence-electron chi connectivity index (χ1n) is 5.27. The molecule has 0 aliphatic rings. The van der Waals surface area contributed by atoms with Gasteiger partial charge >= 0.3 is 5.97 Å². The zero-order chi connectivity index (χ0) is 13.1. The number of carbonyl (C=O) groups is 1. The molecule has 0 fully saturated rings. The van der Waals surface area contributed by atoms with Gasteiger partial charge in [0.2, 0.25) is 0 Å². The van der Waals surface area contributed by atoms with Crippen LogP contribution in [0.3, 0.4) is 0 Å². The lowest BCUT2D eigenvalue weighted by Gasteiger charge is -2.22. The van der Waals surface area contributed by atoms with Crippen LogP contribution in [0.5, 0.6) is 0 Å². The van der Waals surface area contributed by atoms with Crippen molar-refractivity contribution in [2.75, 3.05) is 6.54 Å². The molecule has 17 heavy (non-hydrogen) atoms. The van der Waals surface area contributed by atoms with Crippen LogP contribution >= 0.6 is 0 Å². The molecule has 0 bridgehead atoms. The van der Waals surface area contributed by atoms with Gasteiger partial charge in [-0.3, -0.25) is 0 Å². The lowest BCUT2D eigenvalue weighted by molar-refractivity contribution is -0.156. The molecule has 1 unspecified atom stereocenters. The minimum atomic E-state index is -1.83. The molecule has 5 heteroatoms. The van der Waals surface area contributed by atoms with Crippen LogP contribution in [0.2, 0.25) is 0 Å². The third-order valence-corrected chi connectivity index (χ3v) is 2.56. The van der Waals surface area contributed by atoms with Crippen molar-refractivity contribution in [2.45, 2.75) is 25.5 Å². The number of carboxylic acids is 1. The first-order valence-corrected chi connectivity index (χ1v) is 5.27. The molecule has 0 saturated carbocycles. The Morgan fingerprint density at radius 3 is 2.76 bits per heavy atom. The molecule has 94 valence electrons. The van der Waals surface area contributed by atoms with Gasteiger partial charge in [-0.2, -0.15) is 0 Å². The summed E-state index contributed by atoms with van der Waals surface area (Å²) in [7, 11) is 0. The number of halogens is 1. The monoisotopic (exact) mass is 241 g/mol. The van der Waals surface area contributed by atoms with E-state index < -0.39 is 11.6 Å². The number of hydrogen-bond donors (Lipinski definition) is 3. The second-order valence-electron chi connectivity index (χ2n) is 4.24. The Labute approximate surface area is 99.1 Å². The van der Waals surface area contributed by atoms with Crippen molar-refractivity contribution in [2.24, 2.45) is 0 Å². The van der Waals surface area contributed by atoms with E-state index in [1.165, 1.54) is 19.1 Å². The normalized spacial score (nSPS) is 16.2. The second kappa shape index (κ2) is 5.25. The highest BCUT2D eigenvalue weighted by molar-refractivity contribution is 5.76. The standard InChI is InChI=1S/C12H16FNO3/c1-8(9-4-3-5-10(13)6-9)14-7-12(2,17)11(15)16/h3-6,8,14,17H,7H2,1-2H3,(H,15,16)/t8-,12?/m1/s1. The van der Waals surface area contributed by atoms with Crippen molar-refractivity contribution in [1.82, 2.24) is 5.32 Å². The predicted molar refractivity (Wildman–Crippen MR) is 61.1 cm³/mol. The summed E-state index contributed by atoms with van der Waals surface area (Å²) in [4.78, 5) is 10.7. The maximum atomic E-state index is 13.0. The fourth-order valence-corrected chi connectivity index (χ4v) is 1.32. The molecule has 3 N–H and O–H groups in total. The Morgan fingerprint density at radius 1 is 1.59 bits per heavy atom. The van der Waals surface area contributed by atoms with Gasteiger partial charge in [0.25, 0.3) is 0 Å². The van der Waals surface area contributed by atoms with Crippen LogP contribution in [0.15, 0.2) is 24.3 Å². The van der Waals surface area contributed by atoms with Gasteiger partial charge in [-0.05, 0) is 31.5 Å². The van der Waals surface area contributed by atoms with Crippen LogP contribution in [0.4, 0.5) is 4.39 Å². The zero-order valence-corrected chi connectivity index (χ0v) is 9.77. The molecule has 0 radical (unpaired) electrons. The van der Waals surface area contributed by atoms with Crippen molar-refractivity contribution in [3.8, 4) is 0 Å². The predicted octanol–water partition coefficient (Wildman–Crippen LogP) is 1.31. The molecule has 0 heterocycles. The summed E-state index contributed by atoms with van der Waals surface area (Å²) in [5.74, 6) is -1.64. The molecule has 0 saturated heterocycles. The van der Waals surface area contributed by atoms with E-state index in [0.29, 0.717) is 5.56 Å². The fourth-order valence-electron chi connectivity index (χ4n) is 1.32. The van der Waals surface area contributed by atoms with E-state index in [1.54, 1.807) is 19.1 Å². The van der Waals surface area contributed by atoms with E-state index in [1.807, 2.05) is 0 Å². The van der Waals surface area contributed by atoms with Gasteiger partial charge in [0, 0.05) is 12.6 Å². The first kappa shape index (κ1) is 13.6. The highest BCUT2D eigenvalue weighted by Crippen LogP contribution is 2.14. The summed E-state index contributed by atoms with van der Waals surface area (Å²) in [5, 5.41) is 21.1. The summed E-state index contributed by atoms with van der Waals surface area (Å²) in [5.41, 5.74) is -1.13. The van der Waals surface area contributed by atoms with E-state index in [-0.39, 0.29) is 18.4 Å². The molecule has 0 aliphatic heterocycles.